The van der Waals surface area contributed by atoms with Crippen LogP contribution in [0.3, 0.4) is 0 Å². The van der Waals surface area contributed by atoms with Crippen molar-refractivity contribution < 1.29 is 5.11 Å². The number of aromatic nitrogens is 6. The van der Waals surface area contributed by atoms with E-state index in [2.05, 4.69) is 34.0 Å². The minimum Gasteiger partial charge on any atom is -0.376 e. The molecule has 1 fully saturated rings. The molecule has 0 aliphatic carbocycles. The maximum Gasteiger partial charge on any atom is 0.226 e. The summed E-state index contributed by atoms with van der Waals surface area (Å²) in [6.07, 6.45) is 2.93. The molecule has 1 saturated heterocycles. The summed E-state index contributed by atoms with van der Waals surface area (Å²) in [6, 6.07) is 5.85. The van der Waals surface area contributed by atoms with Crippen molar-refractivity contribution in [3.63, 3.8) is 0 Å². The first-order chi connectivity index (χ1) is 15.1. The number of para-hydroxylation sites is 1. The second-order valence-electron chi connectivity index (χ2n) is 7.45. The first-order valence-electron chi connectivity index (χ1n) is 10.3. The molecule has 4 aromatic rings. The molecule has 0 spiro atoms. The summed E-state index contributed by atoms with van der Waals surface area (Å²) in [7, 11) is 1.87. The summed E-state index contributed by atoms with van der Waals surface area (Å²) in [5.41, 5.74) is 2.43. The highest BCUT2D eigenvalue weighted by atomic mass is 32.2. The van der Waals surface area contributed by atoms with E-state index in [0.29, 0.717) is 30.5 Å². The van der Waals surface area contributed by atoms with E-state index in [1.54, 1.807) is 27.2 Å². The molecule has 1 unspecified atom stereocenters. The van der Waals surface area contributed by atoms with E-state index in [0.717, 1.165) is 33.7 Å². The van der Waals surface area contributed by atoms with Crippen molar-refractivity contribution in [2.24, 2.45) is 7.05 Å². The number of aryl methyl sites for hydroxylation is 1. The number of fused-ring (bicyclic) bond motifs is 3. The molecule has 1 aliphatic rings. The highest BCUT2D eigenvalue weighted by molar-refractivity contribution is 7.99. The van der Waals surface area contributed by atoms with Crippen LogP contribution in [0, 0.1) is 0 Å². The predicted molar refractivity (Wildman–Crippen MR) is 121 cm³/mol. The number of nitrogens with one attached hydrogen (secondary N) is 3. The summed E-state index contributed by atoms with van der Waals surface area (Å²) >= 11 is 1.74. The molecule has 0 amide bonds. The number of aliphatic hydroxyl groups excluding tert-OH is 1. The molecule has 162 valence electrons. The highest BCUT2D eigenvalue weighted by Gasteiger charge is 2.24. The SMILES string of the molecule is CCSc1cccc2c1nc(N[C@@H]1CNCCNC1O)n1nc(-c3cnn(C)c3)nc21. The lowest BCUT2D eigenvalue weighted by Gasteiger charge is -2.23. The van der Waals surface area contributed by atoms with Crippen molar-refractivity contribution >= 4 is 34.3 Å². The Balaban J connectivity index is 1.69. The Morgan fingerprint density at radius 1 is 1.29 bits per heavy atom. The smallest absolute Gasteiger partial charge is 0.226 e. The van der Waals surface area contributed by atoms with Gasteiger partial charge in [-0.3, -0.25) is 10.00 Å². The summed E-state index contributed by atoms with van der Waals surface area (Å²) in [5, 5.41) is 30.3. The number of rotatable bonds is 5. The molecule has 0 saturated carbocycles. The van der Waals surface area contributed by atoms with E-state index in [9.17, 15) is 5.11 Å². The van der Waals surface area contributed by atoms with Gasteiger partial charge in [0.1, 0.15) is 6.23 Å². The van der Waals surface area contributed by atoms with Crippen molar-refractivity contribution in [3.05, 3.63) is 30.6 Å². The van der Waals surface area contributed by atoms with Gasteiger partial charge < -0.3 is 15.7 Å². The topological polar surface area (TPSA) is 117 Å². The van der Waals surface area contributed by atoms with Gasteiger partial charge in [-0.25, -0.2) is 9.97 Å². The largest absolute Gasteiger partial charge is 0.376 e. The van der Waals surface area contributed by atoms with Gasteiger partial charge >= 0.3 is 0 Å². The first-order valence-corrected chi connectivity index (χ1v) is 11.3. The van der Waals surface area contributed by atoms with Gasteiger partial charge in [0, 0.05) is 43.2 Å². The Hall–Kier alpha value is -2.73. The molecule has 0 bridgehead atoms. The molecular formula is C20H25N9OS. The molecule has 11 heteroatoms. The Morgan fingerprint density at radius 2 is 2.19 bits per heavy atom. The third-order valence-electron chi connectivity index (χ3n) is 5.24. The normalized spacial score (nSPS) is 19.7. The number of hydrogen-bond donors (Lipinski definition) is 4. The van der Waals surface area contributed by atoms with Gasteiger partial charge in [0.15, 0.2) is 11.5 Å². The number of hydrogen-bond acceptors (Lipinski definition) is 9. The lowest BCUT2D eigenvalue weighted by Crippen LogP contribution is -2.46. The van der Waals surface area contributed by atoms with Crippen LogP contribution in [0.1, 0.15) is 6.92 Å². The molecule has 5 rings (SSSR count). The number of anilines is 1. The van der Waals surface area contributed by atoms with Gasteiger partial charge in [0.25, 0.3) is 0 Å². The third-order valence-corrected chi connectivity index (χ3v) is 6.17. The minimum absolute atomic E-state index is 0.271. The average Bonchev–Trinajstić information content (AvgIpc) is 3.34. The second-order valence-corrected chi connectivity index (χ2v) is 8.75. The van der Waals surface area contributed by atoms with E-state index in [1.165, 1.54) is 0 Å². The van der Waals surface area contributed by atoms with Gasteiger partial charge in [0.05, 0.1) is 23.3 Å². The lowest BCUT2D eigenvalue weighted by molar-refractivity contribution is 0.125. The number of benzene rings is 1. The molecule has 10 nitrogen and oxygen atoms in total. The van der Waals surface area contributed by atoms with Crippen LogP contribution in [0.2, 0.25) is 0 Å². The van der Waals surface area contributed by atoms with Crippen LogP contribution >= 0.6 is 11.8 Å². The Bertz CT molecular complexity index is 1220. The number of nitrogens with zero attached hydrogens (tertiary/aromatic N) is 6. The molecule has 1 aromatic carbocycles. The fourth-order valence-electron chi connectivity index (χ4n) is 3.75. The Morgan fingerprint density at radius 3 is 3.00 bits per heavy atom. The van der Waals surface area contributed by atoms with Crippen LogP contribution in [-0.4, -0.2) is 72.1 Å². The van der Waals surface area contributed by atoms with E-state index in [-0.39, 0.29) is 6.04 Å². The Kier molecular flexibility index (Phi) is 5.48. The van der Waals surface area contributed by atoms with Crippen LogP contribution in [0.5, 0.6) is 0 Å². The van der Waals surface area contributed by atoms with Gasteiger partial charge in [-0.2, -0.15) is 9.61 Å². The van der Waals surface area contributed by atoms with Gasteiger partial charge in [-0.05, 0) is 17.9 Å². The zero-order valence-corrected chi connectivity index (χ0v) is 18.2. The predicted octanol–water partition coefficient (Wildman–Crippen LogP) is 1.08. The molecule has 4 N–H and O–H groups in total. The second kappa shape index (κ2) is 8.42. The van der Waals surface area contributed by atoms with Crippen LogP contribution < -0.4 is 16.0 Å². The van der Waals surface area contributed by atoms with Gasteiger partial charge in [-0.1, -0.05) is 13.0 Å². The highest BCUT2D eigenvalue weighted by Crippen LogP contribution is 2.31. The summed E-state index contributed by atoms with van der Waals surface area (Å²) < 4.78 is 3.45. The molecule has 4 heterocycles. The quantitative estimate of drug-likeness (QED) is 0.339. The average molecular weight is 440 g/mol. The van der Waals surface area contributed by atoms with Crippen LogP contribution in [0.25, 0.3) is 27.9 Å². The minimum atomic E-state index is -0.705. The fourth-order valence-corrected chi connectivity index (χ4v) is 4.52. The molecular weight excluding hydrogens is 414 g/mol. The molecule has 2 atom stereocenters. The fraction of sp³-hybridized carbons (Fsp3) is 0.400. The van der Waals surface area contributed by atoms with E-state index >= 15 is 0 Å². The number of aliphatic hydroxyl groups is 1. The van der Waals surface area contributed by atoms with E-state index in [1.807, 2.05) is 25.4 Å². The third kappa shape index (κ3) is 3.85. The molecule has 1 aliphatic heterocycles. The summed E-state index contributed by atoms with van der Waals surface area (Å²) in [4.78, 5) is 10.9. The number of thioether (sulfide) groups is 1. The summed E-state index contributed by atoms with van der Waals surface area (Å²) in [6.45, 7) is 4.22. The zero-order chi connectivity index (χ0) is 21.4. The Labute approximate surface area is 183 Å². The monoisotopic (exact) mass is 439 g/mol. The van der Waals surface area contributed by atoms with Gasteiger partial charge in [-0.15, -0.1) is 16.9 Å². The van der Waals surface area contributed by atoms with Crippen molar-refractivity contribution in [3.8, 4) is 11.4 Å². The molecule has 31 heavy (non-hydrogen) atoms. The van der Waals surface area contributed by atoms with Crippen molar-refractivity contribution in [1.29, 1.82) is 0 Å². The van der Waals surface area contributed by atoms with Crippen LogP contribution in [-0.2, 0) is 7.05 Å². The van der Waals surface area contributed by atoms with Gasteiger partial charge in [0.2, 0.25) is 5.95 Å². The lowest BCUT2D eigenvalue weighted by atomic mass is 10.2. The van der Waals surface area contributed by atoms with Crippen molar-refractivity contribution in [1.82, 2.24) is 40.0 Å². The molecule has 0 radical (unpaired) electrons. The maximum absolute atomic E-state index is 10.5. The van der Waals surface area contributed by atoms with Crippen molar-refractivity contribution in [2.45, 2.75) is 24.1 Å². The van der Waals surface area contributed by atoms with Crippen LogP contribution in [0.4, 0.5) is 5.95 Å². The van der Waals surface area contributed by atoms with Crippen molar-refractivity contribution in [2.75, 3.05) is 30.7 Å². The first kappa shape index (κ1) is 20.2. The maximum atomic E-state index is 10.5. The van der Waals surface area contributed by atoms with E-state index < -0.39 is 6.23 Å². The summed E-state index contributed by atoms with van der Waals surface area (Å²) in [5.74, 6) is 2.07. The molecule has 3 aromatic heterocycles. The zero-order valence-electron chi connectivity index (χ0n) is 17.4. The van der Waals surface area contributed by atoms with Crippen LogP contribution in [0.15, 0.2) is 35.5 Å². The standard InChI is InChI=1S/C20H25N9OS/c1-3-31-15-6-4-5-13-16(15)25-20(24-14-10-21-7-8-22-19(14)30)29-18(13)26-17(27-29)12-9-23-28(2)11-12/h4-6,9,11,14,19,21-22,30H,3,7-8,10H2,1-2H3,(H,24,25)/t14-,19?/m1/s1. The van der Waals surface area contributed by atoms with E-state index in [4.69, 9.17) is 15.1 Å².